The minimum atomic E-state index is -0.522. The van der Waals surface area contributed by atoms with Crippen molar-refractivity contribution in [3.8, 4) is 0 Å². The molecule has 172 valence electrons. The number of rotatable bonds is 5. The molecule has 0 bridgehead atoms. The molecule has 0 aliphatic heterocycles. The lowest BCUT2D eigenvalue weighted by Gasteiger charge is -2.59. The van der Waals surface area contributed by atoms with Crippen LogP contribution in [0.4, 0.5) is 0 Å². The highest BCUT2D eigenvalue weighted by atomic mass is 16.7. The van der Waals surface area contributed by atoms with Gasteiger partial charge in [0, 0.05) is 18.9 Å². The highest BCUT2D eigenvalue weighted by Gasteiger charge is 2.61. The van der Waals surface area contributed by atoms with Gasteiger partial charge in [0.1, 0.15) is 0 Å². The van der Waals surface area contributed by atoms with Gasteiger partial charge in [0.05, 0.1) is 18.8 Å². The van der Waals surface area contributed by atoms with E-state index in [0.29, 0.717) is 35.5 Å². The molecule has 30 heavy (non-hydrogen) atoms. The summed E-state index contributed by atoms with van der Waals surface area (Å²) < 4.78 is 11.6. The zero-order chi connectivity index (χ0) is 21.9. The fourth-order valence-corrected chi connectivity index (χ4v) is 8.18. The molecule has 2 unspecified atom stereocenters. The maximum absolute atomic E-state index is 11.1. The van der Waals surface area contributed by atoms with Crippen molar-refractivity contribution in [3.05, 3.63) is 11.6 Å². The second kappa shape index (κ2) is 7.86. The second-order valence-electron chi connectivity index (χ2n) is 11.9. The molecule has 4 aliphatic rings. The van der Waals surface area contributed by atoms with Crippen molar-refractivity contribution in [1.29, 1.82) is 0 Å². The Labute approximate surface area is 183 Å². The predicted octanol–water partition coefficient (Wildman–Crippen LogP) is 4.93. The third-order valence-corrected chi connectivity index (χ3v) is 10.1. The molecule has 0 radical (unpaired) electrons. The van der Waals surface area contributed by atoms with Crippen LogP contribution < -0.4 is 0 Å². The molecule has 0 aromatic rings. The third kappa shape index (κ3) is 3.50. The van der Waals surface area contributed by atoms with Crippen LogP contribution in [-0.4, -0.2) is 41.9 Å². The summed E-state index contributed by atoms with van der Waals surface area (Å²) in [4.78, 5) is 0. The topological polar surface area (TPSA) is 58.9 Å². The van der Waals surface area contributed by atoms with Gasteiger partial charge in [-0.05, 0) is 87.4 Å². The molecule has 4 aliphatic carbocycles. The molecular formula is C26H44O4. The van der Waals surface area contributed by atoms with E-state index < -0.39 is 11.9 Å². The summed E-state index contributed by atoms with van der Waals surface area (Å²) >= 11 is 0. The smallest absolute Gasteiger partial charge is 0.162 e. The molecule has 0 spiro atoms. The molecule has 3 fully saturated rings. The summed E-state index contributed by atoms with van der Waals surface area (Å²) in [6.45, 7) is 11.9. The first-order chi connectivity index (χ1) is 14.0. The van der Waals surface area contributed by atoms with E-state index in [1.165, 1.54) is 31.3 Å². The van der Waals surface area contributed by atoms with Gasteiger partial charge in [-0.15, -0.1) is 0 Å². The van der Waals surface area contributed by atoms with E-state index in [-0.39, 0.29) is 11.5 Å². The Balaban J connectivity index is 1.53. The minimum absolute atomic E-state index is 0.140. The average molecular weight is 421 g/mol. The van der Waals surface area contributed by atoms with Crippen LogP contribution in [0.3, 0.4) is 0 Å². The van der Waals surface area contributed by atoms with E-state index in [9.17, 15) is 10.2 Å². The predicted molar refractivity (Wildman–Crippen MR) is 119 cm³/mol. The van der Waals surface area contributed by atoms with Crippen molar-refractivity contribution in [2.75, 3.05) is 13.7 Å². The van der Waals surface area contributed by atoms with Crippen LogP contribution in [0.25, 0.3) is 0 Å². The van der Waals surface area contributed by atoms with E-state index in [1.807, 2.05) is 13.8 Å². The molecule has 0 aromatic heterocycles. The highest BCUT2D eigenvalue weighted by Crippen LogP contribution is 2.67. The Morgan fingerprint density at radius 3 is 2.60 bits per heavy atom. The number of hydrogen-bond donors (Lipinski definition) is 2. The number of aliphatic hydroxyl groups excluding tert-OH is 2. The molecule has 9 atom stereocenters. The molecule has 4 heteroatoms. The molecular weight excluding hydrogens is 376 g/mol. The van der Waals surface area contributed by atoms with Crippen molar-refractivity contribution in [3.63, 3.8) is 0 Å². The number of fused-ring (bicyclic) bond motifs is 5. The Bertz CT molecular complexity index is 672. The maximum atomic E-state index is 11.1. The molecule has 3 saturated carbocycles. The minimum Gasteiger partial charge on any atom is -0.393 e. The quantitative estimate of drug-likeness (QED) is 0.489. The van der Waals surface area contributed by atoms with Gasteiger partial charge in [0.25, 0.3) is 0 Å². The van der Waals surface area contributed by atoms with Crippen molar-refractivity contribution < 1.29 is 19.7 Å². The van der Waals surface area contributed by atoms with Crippen molar-refractivity contribution in [1.82, 2.24) is 0 Å². The standard InChI is InChI=1S/C26H44O4/c1-16(15-30-24(2,3)29-6)20-9-10-21-19-8-7-17-13-18(27)14-23(28)26(17,5)22(19)11-12-25(20,21)4/h7,16,18-23,27-28H,8-15H2,1-6H3/t16-,18?,19+,20-,21+,22+,23?,25-,26+/m1/s1. The van der Waals surface area contributed by atoms with E-state index in [4.69, 9.17) is 9.47 Å². The van der Waals surface area contributed by atoms with E-state index in [0.717, 1.165) is 25.4 Å². The van der Waals surface area contributed by atoms with Gasteiger partial charge in [-0.1, -0.05) is 32.4 Å². The van der Waals surface area contributed by atoms with Crippen LogP contribution in [0, 0.1) is 40.4 Å². The molecule has 0 amide bonds. The summed E-state index contributed by atoms with van der Waals surface area (Å²) in [7, 11) is 1.71. The van der Waals surface area contributed by atoms with Crippen LogP contribution in [0.1, 0.15) is 79.6 Å². The summed E-state index contributed by atoms with van der Waals surface area (Å²) in [5, 5.41) is 21.3. The Kier molecular flexibility index (Phi) is 5.97. The summed E-state index contributed by atoms with van der Waals surface area (Å²) in [5.74, 6) is 2.63. The van der Waals surface area contributed by atoms with Gasteiger partial charge in [0.15, 0.2) is 5.79 Å². The Hall–Kier alpha value is -0.420. The van der Waals surface area contributed by atoms with Gasteiger partial charge in [-0.3, -0.25) is 0 Å². The first-order valence-corrected chi connectivity index (χ1v) is 12.3. The summed E-state index contributed by atoms with van der Waals surface area (Å²) in [5.41, 5.74) is 1.55. The van der Waals surface area contributed by atoms with Crippen molar-refractivity contribution in [2.45, 2.75) is 97.6 Å². The molecule has 0 heterocycles. The second-order valence-corrected chi connectivity index (χ2v) is 11.9. The number of methoxy groups -OCH3 is 1. The molecule has 4 nitrogen and oxygen atoms in total. The monoisotopic (exact) mass is 420 g/mol. The zero-order valence-electron chi connectivity index (χ0n) is 20.0. The lowest BCUT2D eigenvalue weighted by molar-refractivity contribution is -0.207. The summed E-state index contributed by atoms with van der Waals surface area (Å²) in [6.07, 6.45) is 9.07. The van der Waals surface area contributed by atoms with Gasteiger partial charge in [0.2, 0.25) is 0 Å². The Morgan fingerprint density at radius 1 is 1.17 bits per heavy atom. The van der Waals surface area contributed by atoms with Crippen LogP contribution in [0.5, 0.6) is 0 Å². The van der Waals surface area contributed by atoms with Crippen LogP contribution in [0.2, 0.25) is 0 Å². The number of hydrogen-bond acceptors (Lipinski definition) is 4. The van der Waals surface area contributed by atoms with E-state index in [2.05, 4.69) is 26.8 Å². The van der Waals surface area contributed by atoms with Crippen LogP contribution in [-0.2, 0) is 9.47 Å². The summed E-state index contributed by atoms with van der Waals surface area (Å²) in [6, 6.07) is 0. The van der Waals surface area contributed by atoms with E-state index >= 15 is 0 Å². The number of aliphatic hydroxyl groups is 2. The lowest BCUT2D eigenvalue weighted by Crippen LogP contribution is -2.55. The number of ether oxygens (including phenoxy) is 2. The van der Waals surface area contributed by atoms with Gasteiger partial charge in [-0.25, -0.2) is 0 Å². The molecule has 4 rings (SSSR count). The fourth-order valence-electron chi connectivity index (χ4n) is 8.18. The Morgan fingerprint density at radius 2 is 1.90 bits per heavy atom. The van der Waals surface area contributed by atoms with Gasteiger partial charge >= 0.3 is 0 Å². The largest absolute Gasteiger partial charge is 0.393 e. The SMILES string of the molecule is COC(C)(C)OC[C@@H](C)[C@H]1CC[C@H]2[C@@H]3CC=C4CC(O)CC(O)[C@]4(C)[C@H]3CC[C@]12C. The normalized spacial score (nSPS) is 47.1. The van der Waals surface area contributed by atoms with Crippen LogP contribution in [0.15, 0.2) is 11.6 Å². The maximum Gasteiger partial charge on any atom is 0.162 e. The first-order valence-electron chi connectivity index (χ1n) is 12.3. The highest BCUT2D eigenvalue weighted by molar-refractivity contribution is 5.27. The van der Waals surface area contributed by atoms with Crippen molar-refractivity contribution >= 4 is 0 Å². The zero-order valence-corrected chi connectivity index (χ0v) is 20.0. The number of allylic oxidation sites excluding steroid dienone is 1. The lowest BCUT2D eigenvalue weighted by atomic mass is 9.46. The average Bonchev–Trinajstić information content (AvgIpc) is 3.05. The molecule has 0 aromatic carbocycles. The first kappa shape index (κ1) is 22.8. The third-order valence-electron chi connectivity index (χ3n) is 10.1. The fraction of sp³-hybridized carbons (Fsp3) is 0.923. The van der Waals surface area contributed by atoms with E-state index in [1.54, 1.807) is 7.11 Å². The van der Waals surface area contributed by atoms with Crippen LogP contribution >= 0.6 is 0 Å². The molecule has 0 saturated heterocycles. The molecule has 2 N–H and O–H groups in total. The van der Waals surface area contributed by atoms with Gasteiger partial charge in [-0.2, -0.15) is 0 Å². The van der Waals surface area contributed by atoms with Crippen molar-refractivity contribution in [2.24, 2.45) is 40.4 Å². The van der Waals surface area contributed by atoms with Gasteiger partial charge < -0.3 is 19.7 Å².